The first-order valence-corrected chi connectivity index (χ1v) is 7.00. The van der Waals surface area contributed by atoms with Crippen molar-refractivity contribution in [3.8, 4) is 11.4 Å². The molecule has 3 nitrogen and oxygen atoms in total. The Balaban J connectivity index is 2.23. The average Bonchev–Trinajstić information content (AvgIpc) is 2.81. The van der Waals surface area contributed by atoms with E-state index in [-0.39, 0.29) is 10.0 Å². The highest BCUT2D eigenvalue weighted by Crippen LogP contribution is 2.29. The second-order valence-corrected chi connectivity index (χ2v) is 6.38. The van der Waals surface area contributed by atoms with Crippen molar-refractivity contribution in [1.29, 1.82) is 0 Å². The number of imidazole rings is 1. The molecule has 0 aliphatic heterocycles. The van der Waals surface area contributed by atoms with Gasteiger partial charge in [0.2, 0.25) is 0 Å². The van der Waals surface area contributed by atoms with Crippen molar-refractivity contribution in [3.63, 3.8) is 0 Å². The number of halogens is 3. The smallest absolute Gasteiger partial charge is 0.173 e. The molecule has 1 aromatic carbocycles. The zero-order valence-corrected chi connectivity index (χ0v) is 13.1. The van der Waals surface area contributed by atoms with Gasteiger partial charge in [0.05, 0.1) is 4.47 Å². The molecule has 6 heteroatoms. The third kappa shape index (κ3) is 3.43. The number of nitrogens with one attached hydrogen (secondary N) is 2. The molecule has 108 valence electrons. The molecule has 0 aliphatic carbocycles. The van der Waals surface area contributed by atoms with Gasteiger partial charge in [-0.05, 0) is 48.8 Å². The molecule has 0 bridgehead atoms. The maximum Gasteiger partial charge on any atom is 0.173 e. The number of benzene rings is 1. The fourth-order valence-corrected chi connectivity index (χ4v) is 2.16. The molecular formula is C14H16BrF2N3. The summed E-state index contributed by atoms with van der Waals surface area (Å²) >= 11 is 3.06. The first-order chi connectivity index (χ1) is 9.28. The number of aromatic amines is 1. The third-order valence-corrected chi connectivity index (χ3v) is 3.50. The Hall–Kier alpha value is -1.27. The molecule has 0 fully saturated rings. The summed E-state index contributed by atoms with van der Waals surface area (Å²) in [6.45, 7) is 6.82. The molecule has 0 spiro atoms. The van der Waals surface area contributed by atoms with Crippen molar-refractivity contribution in [2.24, 2.45) is 0 Å². The predicted molar refractivity (Wildman–Crippen MR) is 78.2 cm³/mol. The van der Waals surface area contributed by atoms with Gasteiger partial charge < -0.3 is 10.3 Å². The van der Waals surface area contributed by atoms with E-state index in [4.69, 9.17) is 0 Å². The molecule has 20 heavy (non-hydrogen) atoms. The molecule has 2 aromatic rings. The van der Waals surface area contributed by atoms with Crippen LogP contribution in [0.3, 0.4) is 0 Å². The van der Waals surface area contributed by atoms with Crippen molar-refractivity contribution in [3.05, 3.63) is 40.1 Å². The van der Waals surface area contributed by atoms with E-state index in [0.717, 1.165) is 11.8 Å². The molecule has 2 N–H and O–H groups in total. The molecule has 1 heterocycles. The summed E-state index contributed by atoms with van der Waals surface area (Å²) in [6, 6.07) is 2.58. The van der Waals surface area contributed by atoms with E-state index < -0.39 is 11.6 Å². The first-order valence-electron chi connectivity index (χ1n) is 6.21. The highest BCUT2D eigenvalue weighted by molar-refractivity contribution is 9.10. The lowest BCUT2D eigenvalue weighted by atomic mass is 10.1. The molecule has 1 aromatic heterocycles. The van der Waals surface area contributed by atoms with Crippen molar-refractivity contribution in [2.75, 3.05) is 0 Å². The molecule has 0 atom stereocenters. The monoisotopic (exact) mass is 343 g/mol. The van der Waals surface area contributed by atoms with Gasteiger partial charge >= 0.3 is 0 Å². The first kappa shape index (κ1) is 15.1. The summed E-state index contributed by atoms with van der Waals surface area (Å²) in [5, 5.41) is 3.32. The molecule has 0 saturated heterocycles. The largest absolute Gasteiger partial charge is 0.341 e. The summed E-state index contributed by atoms with van der Waals surface area (Å²) < 4.78 is 26.7. The molecule has 0 amide bonds. The van der Waals surface area contributed by atoms with Crippen LogP contribution in [0.4, 0.5) is 8.78 Å². The topological polar surface area (TPSA) is 40.7 Å². The van der Waals surface area contributed by atoms with Crippen LogP contribution < -0.4 is 5.32 Å². The summed E-state index contributed by atoms with van der Waals surface area (Å²) in [7, 11) is 0. The quantitative estimate of drug-likeness (QED) is 0.826. The van der Waals surface area contributed by atoms with Gasteiger partial charge in [0.25, 0.3) is 0 Å². The number of hydrogen-bond donors (Lipinski definition) is 2. The molecule has 0 radical (unpaired) electrons. The number of rotatable bonds is 3. The maximum absolute atomic E-state index is 13.5. The van der Waals surface area contributed by atoms with Crippen LogP contribution in [0.15, 0.2) is 22.8 Å². The van der Waals surface area contributed by atoms with Crippen molar-refractivity contribution in [2.45, 2.75) is 32.9 Å². The van der Waals surface area contributed by atoms with Crippen molar-refractivity contribution >= 4 is 15.9 Å². The fraction of sp³-hybridized carbons (Fsp3) is 0.357. The highest BCUT2D eigenvalue weighted by Gasteiger charge is 2.15. The van der Waals surface area contributed by atoms with Gasteiger partial charge in [-0.3, -0.25) is 0 Å². The summed E-state index contributed by atoms with van der Waals surface area (Å²) in [6.07, 6.45) is 1.68. The maximum atomic E-state index is 13.5. The average molecular weight is 344 g/mol. The van der Waals surface area contributed by atoms with Gasteiger partial charge in [0.1, 0.15) is 5.82 Å². The molecule has 0 unspecified atom stereocenters. The Bertz CT molecular complexity index is 617. The molecule has 2 rings (SSSR count). The lowest BCUT2D eigenvalue weighted by molar-refractivity contribution is 0.422. The Morgan fingerprint density at radius 3 is 2.65 bits per heavy atom. The standard InChI is InChI=1S/C14H16BrF2N3/c1-14(2,3)19-7-8-6-18-13(20-8)9-4-5-10(16)12(17)11(9)15/h4-6,19H,7H2,1-3H3,(H,18,20). The number of aromatic nitrogens is 2. The highest BCUT2D eigenvalue weighted by atomic mass is 79.9. The second-order valence-electron chi connectivity index (χ2n) is 5.58. The zero-order valence-electron chi connectivity index (χ0n) is 11.5. The van der Waals surface area contributed by atoms with E-state index in [1.54, 1.807) is 6.20 Å². The van der Waals surface area contributed by atoms with Gasteiger partial charge in [-0.1, -0.05) is 0 Å². The van der Waals surface area contributed by atoms with E-state index in [1.807, 2.05) is 0 Å². The van der Waals surface area contributed by atoms with Crippen LogP contribution in [0.1, 0.15) is 26.5 Å². The number of nitrogens with zero attached hydrogens (tertiary/aromatic N) is 1. The Morgan fingerprint density at radius 1 is 1.30 bits per heavy atom. The Kier molecular flexibility index (Phi) is 4.25. The molecule has 0 aliphatic rings. The van der Waals surface area contributed by atoms with Crippen LogP contribution in [-0.2, 0) is 6.54 Å². The van der Waals surface area contributed by atoms with Crippen LogP contribution in [0.25, 0.3) is 11.4 Å². The van der Waals surface area contributed by atoms with Crippen LogP contribution in [0.2, 0.25) is 0 Å². The Morgan fingerprint density at radius 2 is 2.00 bits per heavy atom. The van der Waals surface area contributed by atoms with E-state index in [9.17, 15) is 8.78 Å². The van der Waals surface area contributed by atoms with Crippen LogP contribution in [-0.4, -0.2) is 15.5 Å². The van der Waals surface area contributed by atoms with Crippen molar-refractivity contribution in [1.82, 2.24) is 15.3 Å². The molecular weight excluding hydrogens is 328 g/mol. The van der Waals surface area contributed by atoms with Crippen LogP contribution in [0, 0.1) is 11.6 Å². The zero-order chi connectivity index (χ0) is 14.9. The van der Waals surface area contributed by atoms with Gasteiger partial charge in [0.15, 0.2) is 11.6 Å². The predicted octanol–water partition coefficient (Wildman–Crippen LogP) is 4.01. The Labute approximate surface area is 124 Å². The van der Waals surface area contributed by atoms with E-state index in [2.05, 4.69) is 52.0 Å². The lowest BCUT2D eigenvalue weighted by Crippen LogP contribution is -2.35. The summed E-state index contributed by atoms with van der Waals surface area (Å²) in [4.78, 5) is 7.30. The van der Waals surface area contributed by atoms with E-state index in [0.29, 0.717) is 17.9 Å². The van der Waals surface area contributed by atoms with E-state index >= 15 is 0 Å². The summed E-state index contributed by atoms with van der Waals surface area (Å²) in [5.74, 6) is -1.29. The van der Waals surface area contributed by atoms with Gasteiger partial charge in [0, 0.05) is 29.5 Å². The van der Waals surface area contributed by atoms with E-state index in [1.165, 1.54) is 6.07 Å². The second kappa shape index (κ2) is 5.61. The van der Waals surface area contributed by atoms with Gasteiger partial charge in [-0.15, -0.1) is 0 Å². The molecule has 0 saturated carbocycles. The van der Waals surface area contributed by atoms with Crippen molar-refractivity contribution < 1.29 is 8.78 Å². The number of hydrogen-bond acceptors (Lipinski definition) is 2. The normalized spacial score (nSPS) is 11.9. The van der Waals surface area contributed by atoms with Gasteiger partial charge in [-0.25, -0.2) is 13.8 Å². The minimum Gasteiger partial charge on any atom is -0.341 e. The van der Waals surface area contributed by atoms with Crippen LogP contribution >= 0.6 is 15.9 Å². The minimum absolute atomic E-state index is 0.00611. The summed E-state index contributed by atoms with van der Waals surface area (Å²) in [5.41, 5.74) is 1.37. The minimum atomic E-state index is -0.909. The van der Waals surface area contributed by atoms with Crippen LogP contribution in [0.5, 0.6) is 0 Å². The number of H-pyrrole nitrogens is 1. The van der Waals surface area contributed by atoms with Gasteiger partial charge in [-0.2, -0.15) is 0 Å². The third-order valence-electron chi connectivity index (χ3n) is 2.73. The lowest BCUT2D eigenvalue weighted by Gasteiger charge is -2.19. The SMILES string of the molecule is CC(C)(C)NCc1cnc(-c2ccc(F)c(F)c2Br)[nH]1. The fourth-order valence-electron chi connectivity index (χ4n) is 1.65.